The molecule has 0 atom stereocenters. The Bertz CT molecular complexity index is 939. The highest BCUT2D eigenvalue weighted by atomic mass is 35.5. The van der Waals surface area contributed by atoms with Crippen LogP contribution >= 0.6 is 35.0 Å². The molecule has 1 aliphatic rings. The number of carbonyl (C=O) groups excluding carboxylic acids is 1. The lowest BCUT2D eigenvalue weighted by Crippen LogP contribution is -2.36. The highest BCUT2D eigenvalue weighted by Gasteiger charge is 2.24. The maximum atomic E-state index is 12.5. The number of nitrogens with zero attached hydrogens (tertiary/aromatic N) is 3. The summed E-state index contributed by atoms with van der Waals surface area (Å²) >= 11 is 13.2. The van der Waals surface area contributed by atoms with E-state index in [1.54, 1.807) is 35.2 Å². The number of nitro benzene ring substituents is 1. The van der Waals surface area contributed by atoms with Crippen LogP contribution in [0.5, 0.6) is 5.75 Å². The van der Waals surface area contributed by atoms with Crippen LogP contribution in [0.3, 0.4) is 0 Å². The summed E-state index contributed by atoms with van der Waals surface area (Å²) in [7, 11) is 0. The first-order valence-corrected chi connectivity index (χ1v) is 9.97. The summed E-state index contributed by atoms with van der Waals surface area (Å²) in [6, 6.07) is 11.2. The molecule has 7 nitrogen and oxygen atoms in total. The Morgan fingerprint density at radius 1 is 1.29 bits per heavy atom. The van der Waals surface area contributed by atoms with Crippen LogP contribution in [0, 0.1) is 10.1 Å². The number of ether oxygens (including phenoxy) is 1. The second-order valence-electron chi connectivity index (χ2n) is 5.79. The van der Waals surface area contributed by atoms with Crippen LogP contribution in [0.1, 0.15) is 5.56 Å². The van der Waals surface area contributed by atoms with Crippen LogP contribution in [0.25, 0.3) is 0 Å². The van der Waals surface area contributed by atoms with Crippen LogP contribution in [-0.2, 0) is 10.5 Å². The topological polar surface area (TPSA) is 85.0 Å². The predicted octanol–water partition coefficient (Wildman–Crippen LogP) is 4.41. The molecule has 0 saturated heterocycles. The minimum absolute atomic E-state index is 0.0348. The van der Waals surface area contributed by atoms with E-state index in [9.17, 15) is 14.9 Å². The average Bonchev–Trinajstić information content (AvgIpc) is 3.14. The lowest BCUT2D eigenvalue weighted by molar-refractivity contribution is -0.384. The number of benzene rings is 2. The first-order valence-electron chi connectivity index (χ1n) is 8.23. The standard InChI is InChI=1S/C18H15Cl2N3O4S/c19-13-4-5-16(15(20)9-13)27-10-17(24)22-7-6-21-18(22)28-11-12-2-1-3-14(8-12)23(25)26/h1-5,8-9H,6-7,10-11H2. The van der Waals surface area contributed by atoms with Gasteiger partial charge in [0.05, 0.1) is 16.5 Å². The number of carbonyl (C=O) groups is 1. The van der Waals surface area contributed by atoms with Crippen molar-refractivity contribution in [2.45, 2.75) is 5.75 Å². The number of hydrogen-bond acceptors (Lipinski definition) is 6. The quantitative estimate of drug-likeness (QED) is 0.491. The smallest absolute Gasteiger partial charge is 0.269 e. The van der Waals surface area contributed by atoms with Crippen molar-refractivity contribution in [2.24, 2.45) is 4.99 Å². The van der Waals surface area contributed by atoms with Crippen LogP contribution in [0.2, 0.25) is 10.0 Å². The third kappa shape index (κ3) is 5.15. The largest absolute Gasteiger partial charge is 0.482 e. The van der Waals surface area contributed by atoms with E-state index in [0.717, 1.165) is 5.56 Å². The third-order valence-electron chi connectivity index (χ3n) is 3.84. The molecule has 3 rings (SSSR count). The van der Waals surface area contributed by atoms with Crippen molar-refractivity contribution >= 4 is 51.7 Å². The van der Waals surface area contributed by atoms with Gasteiger partial charge in [0.25, 0.3) is 11.6 Å². The van der Waals surface area contributed by atoms with Crippen LogP contribution in [0.15, 0.2) is 47.5 Å². The van der Waals surface area contributed by atoms with Crippen molar-refractivity contribution in [3.05, 3.63) is 68.2 Å². The number of amides is 1. The molecule has 0 saturated carbocycles. The van der Waals surface area contributed by atoms with E-state index in [0.29, 0.717) is 39.8 Å². The molecule has 0 bridgehead atoms. The Hall–Kier alpha value is -2.29. The summed E-state index contributed by atoms with van der Waals surface area (Å²) in [6.07, 6.45) is 0. The third-order valence-corrected chi connectivity index (χ3v) is 5.45. The second kappa shape index (κ2) is 9.27. The molecule has 0 fully saturated rings. The second-order valence-corrected chi connectivity index (χ2v) is 7.57. The molecule has 2 aromatic carbocycles. The zero-order valence-corrected chi connectivity index (χ0v) is 16.8. The summed E-state index contributed by atoms with van der Waals surface area (Å²) in [5.74, 6) is 0.601. The van der Waals surface area contributed by atoms with Gasteiger partial charge in [-0.3, -0.25) is 24.8 Å². The number of thioether (sulfide) groups is 1. The SMILES string of the molecule is O=C(COc1ccc(Cl)cc1Cl)N1CCN=C1SCc1cccc([N+](=O)[O-])c1. The fraction of sp³-hybridized carbons (Fsp3) is 0.222. The molecule has 146 valence electrons. The van der Waals surface area contributed by atoms with Crippen LogP contribution in [0.4, 0.5) is 5.69 Å². The number of halogens is 2. The van der Waals surface area contributed by atoms with Crippen molar-refractivity contribution in [3.63, 3.8) is 0 Å². The monoisotopic (exact) mass is 439 g/mol. The highest BCUT2D eigenvalue weighted by molar-refractivity contribution is 8.13. The molecule has 0 unspecified atom stereocenters. The van der Waals surface area contributed by atoms with Crippen molar-refractivity contribution in [1.82, 2.24) is 4.90 Å². The number of nitro groups is 1. The molecule has 0 aliphatic carbocycles. The first-order chi connectivity index (χ1) is 13.4. The lowest BCUT2D eigenvalue weighted by atomic mass is 10.2. The highest BCUT2D eigenvalue weighted by Crippen LogP contribution is 2.28. The van der Waals surface area contributed by atoms with Crippen molar-refractivity contribution in [1.29, 1.82) is 0 Å². The molecule has 0 spiro atoms. The van der Waals surface area contributed by atoms with Gasteiger partial charge in [0.1, 0.15) is 5.75 Å². The maximum absolute atomic E-state index is 12.5. The fourth-order valence-corrected chi connectivity index (χ4v) is 3.97. The van der Waals surface area contributed by atoms with Gasteiger partial charge in [0.15, 0.2) is 11.8 Å². The Labute approximate surface area is 175 Å². The molecule has 0 N–H and O–H groups in total. The molecule has 1 heterocycles. The Kier molecular flexibility index (Phi) is 6.77. The number of amidine groups is 1. The van der Waals surface area contributed by atoms with E-state index in [4.69, 9.17) is 27.9 Å². The van der Waals surface area contributed by atoms with Gasteiger partial charge in [0, 0.05) is 29.5 Å². The zero-order valence-electron chi connectivity index (χ0n) is 14.5. The van der Waals surface area contributed by atoms with Gasteiger partial charge in [-0.05, 0) is 23.8 Å². The molecule has 1 aliphatic heterocycles. The van der Waals surface area contributed by atoms with Gasteiger partial charge in [-0.2, -0.15) is 0 Å². The van der Waals surface area contributed by atoms with E-state index in [-0.39, 0.29) is 18.2 Å². The molecular formula is C18H15Cl2N3O4S. The Morgan fingerprint density at radius 3 is 2.86 bits per heavy atom. The summed E-state index contributed by atoms with van der Waals surface area (Å²) in [5, 5.41) is 12.3. The lowest BCUT2D eigenvalue weighted by Gasteiger charge is -2.18. The molecular weight excluding hydrogens is 425 g/mol. The summed E-state index contributed by atoms with van der Waals surface area (Å²) < 4.78 is 5.50. The maximum Gasteiger partial charge on any atom is 0.269 e. The van der Waals surface area contributed by atoms with Gasteiger partial charge in [-0.25, -0.2) is 0 Å². The van der Waals surface area contributed by atoms with E-state index in [1.165, 1.54) is 23.9 Å². The molecule has 0 aromatic heterocycles. The molecule has 10 heteroatoms. The van der Waals surface area contributed by atoms with E-state index in [2.05, 4.69) is 4.99 Å². The summed E-state index contributed by atoms with van der Waals surface area (Å²) in [5.41, 5.74) is 0.818. The van der Waals surface area contributed by atoms with Gasteiger partial charge in [-0.1, -0.05) is 47.1 Å². The number of non-ortho nitro benzene ring substituents is 1. The molecule has 28 heavy (non-hydrogen) atoms. The van der Waals surface area contributed by atoms with E-state index in [1.807, 2.05) is 0 Å². The minimum atomic E-state index is -0.434. The molecule has 2 aromatic rings. The summed E-state index contributed by atoms with van der Waals surface area (Å²) in [6.45, 7) is 0.788. The normalized spacial score (nSPS) is 13.4. The van der Waals surface area contributed by atoms with E-state index < -0.39 is 4.92 Å². The number of aliphatic imine (C=N–C) groups is 1. The van der Waals surface area contributed by atoms with Crippen molar-refractivity contribution in [2.75, 3.05) is 19.7 Å². The van der Waals surface area contributed by atoms with Crippen LogP contribution in [-0.4, -0.2) is 40.6 Å². The van der Waals surface area contributed by atoms with Gasteiger partial charge in [-0.15, -0.1) is 0 Å². The van der Waals surface area contributed by atoms with Gasteiger partial charge in [0.2, 0.25) is 0 Å². The Morgan fingerprint density at radius 2 is 2.11 bits per heavy atom. The van der Waals surface area contributed by atoms with Gasteiger partial charge < -0.3 is 4.74 Å². The van der Waals surface area contributed by atoms with Crippen molar-refractivity contribution < 1.29 is 14.5 Å². The zero-order chi connectivity index (χ0) is 20.1. The number of hydrogen-bond donors (Lipinski definition) is 0. The van der Waals surface area contributed by atoms with Crippen LogP contribution < -0.4 is 4.74 Å². The van der Waals surface area contributed by atoms with E-state index >= 15 is 0 Å². The molecule has 0 radical (unpaired) electrons. The van der Waals surface area contributed by atoms with Gasteiger partial charge >= 0.3 is 0 Å². The Balaban J connectivity index is 1.57. The predicted molar refractivity (Wildman–Crippen MR) is 110 cm³/mol. The number of rotatable bonds is 6. The average molecular weight is 440 g/mol. The van der Waals surface area contributed by atoms with Crippen molar-refractivity contribution in [3.8, 4) is 5.75 Å². The molecule has 1 amide bonds. The minimum Gasteiger partial charge on any atom is -0.482 e. The summed E-state index contributed by atoms with van der Waals surface area (Å²) in [4.78, 5) is 28.8. The fourth-order valence-electron chi connectivity index (χ4n) is 2.50. The first kappa shape index (κ1) is 20.4.